The molecule has 0 saturated carbocycles. The molecule has 0 aromatic rings. The van der Waals surface area contributed by atoms with E-state index in [0.29, 0.717) is 12.2 Å². The van der Waals surface area contributed by atoms with E-state index in [0.717, 1.165) is 18.6 Å². The van der Waals surface area contributed by atoms with Crippen molar-refractivity contribution in [3.8, 4) is 0 Å². The van der Waals surface area contributed by atoms with Gasteiger partial charge >= 0.3 is 5.97 Å². The largest absolute Gasteiger partial charge is 0.462 e. The molecule has 0 aliphatic carbocycles. The van der Waals surface area contributed by atoms with Crippen molar-refractivity contribution in [1.82, 2.24) is 0 Å². The van der Waals surface area contributed by atoms with Crippen LogP contribution in [0.4, 0.5) is 0 Å². The van der Waals surface area contributed by atoms with E-state index in [1.165, 1.54) is 38.5 Å². The Labute approximate surface area is 111 Å². The Balaban J connectivity index is 3.08. The fourth-order valence-electron chi connectivity index (χ4n) is 1.56. The van der Waals surface area contributed by atoms with Crippen LogP contribution in [0, 0.1) is 0 Å². The summed E-state index contributed by atoms with van der Waals surface area (Å²) in [4.78, 5) is 11.1. The van der Waals surface area contributed by atoms with E-state index in [4.69, 9.17) is 4.74 Å². The van der Waals surface area contributed by atoms with Crippen LogP contribution in [-0.2, 0) is 9.53 Å². The topological polar surface area (TPSA) is 26.3 Å². The van der Waals surface area contributed by atoms with Crippen molar-refractivity contribution in [2.75, 3.05) is 12.4 Å². The molecule has 0 heterocycles. The van der Waals surface area contributed by atoms with E-state index in [2.05, 4.69) is 19.2 Å². The van der Waals surface area contributed by atoms with Crippen LogP contribution in [-0.4, -0.2) is 18.3 Å². The minimum atomic E-state index is -0.267. The molecule has 3 heteroatoms. The molecule has 100 valence electrons. The van der Waals surface area contributed by atoms with Gasteiger partial charge in [0.15, 0.2) is 0 Å². The van der Waals surface area contributed by atoms with Gasteiger partial charge in [0, 0.05) is 5.57 Å². The van der Waals surface area contributed by atoms with Gasteiger partial charge in [0.2, 0.25) is 0 Å². The first-order valence-corrected chi connectivity index (χ1v) is 7.25. The molecule has 0 N–H and O–H groups in total. The second-order valence-electron chi connectivity index (χ2n) is 4.47. The van der Waals surface area contributed by atoms with Crippen molar-refractivity contribution in [2.24, 2.45) is 0 Å². The summed E-state index contributed by atoms with van der Waals surface area (Å²) in [5.74, 6) is 0.741. The molecule has 0 bridgehead atoms. The zero-order valence-electron chi connectivity index (χ0n) is 11.0. The highest BCUT2D eigenvalue weighted by molar-refractivity contribution is 7.80. The zero-order valence-corrected chi connectivity index (χ0v) is 11.9. The lowest BCUT2D eigenvalue weighted by atomic mass is 10.1. The molecule has 0 aliphatic heterocycles. The fraction of sp³-hybridized carbons (Fsp3) is 0.786. The van der Waals surface area contributed by atoms with E-state index in [1.807, 2.05) is 0 Å². The zero-order chi connectivity index (χ0) is 12.9. The Morgan fingerprint density at radius 1 is 1.00 bits per heavy atom. The van der Waals surface area contributed by atoms with Crippen LogP contribution in [0.1, 0.15) is 58.3 Å². The molecule has 0 aromatic heterocycles. The number of thiol groups is 1. The first-order chi connectivity index (χ1) is 8.18. The summed E-state index contributed by atoms with van der Waals surface area (Å²) >= 11 is 4.19. The maximum Gasteiger partial charge on any atom is 0.333 e. The number of hydrogen-bond acceptors (Lipinski definition) is 3. The van der Waals surface area contributed by atoms with Crippen LogP contribution < -0.4 is 0 Å². The van der Waals surface area contributed by atoms with Crippen molar-refractivity contribution in [2.45, 2.75) is 58.3 Å². The van der Waals surface area contributed by atoms with E-state index in [1.54, 1.807) is 6.92 Å². The Kier molecular flexibility index (Phi) is 11.7. The molecule has 0 fully saturated rings. The molecule has 2 nitrogen and oxygen atoms in total. The quantitative estimate of drug-likeness (QED) is 0.261. The monoisotopic (exact) mass is 258 g/mol. The number of carbonyl (C=O) groups is 1. The van der Waals surface area contributed by atoms with Gasteiger partial charge < -0.3 is 4.74 Å². The van der Waals surface area contributed by atoms with Gasteiger partial charge in [0.1, 0.15) is 0 Å². The van der Waals surface area contributed by atoms with Crippen LogP contribution in [0.25, 0.3) is 0 Å². The van der Waals surface area contributed by atoms with E-state index < -0.39 is 0 Å². The van der Waals surface area contributed by atoms with Crippen molar-refractivity contribution in [3.05, 3.63) is 12.2 Å². The van der Waals surface area contributed by atoms with Gasteiger partial charge in [0.25, 0.3) is 0 Å². The summed E-state index contributed by atoms with van der Waals surface area (Å²) in [5, 5.41) is 0. The Morgan fingerprint density at radius 2 is 1.47 bits per heavy atom. The van der Waals surface area contributed by atoms with Crippen molar-refractivity contribution >= 4 is 18.6 Å². The van der Waals surface area contributed by atoms with Crippen molar-refractivity contribution in [1.29, 1.82) is 0 Å². The maximum atomic E-state index is 11.1. The van der Waals surface area contributed by atoms with Gasteiger partial charge in [0.05, 0.1) is 6.61 Å². The van der Waals surface area contributed by atoms with E-state index in [9.17, 15) is 4.79 Å². The molecule has 0 spiro atoms. The third-order valence-electron chi connectivity index (χ3n) is 2.63. The van der Waals surface area contributed by atoms with Crippen LogP contribution in [0.3, 0.4) is 0 Å². The highest BCUT2D eigenvalue weighted by Crippen LogP contribution is 2.09. The molecular formula is C14H26O2S. The second-order valence-corrected chi connectivity index (χ2v) is 4.92. The van der Waals surface area contributed by atoms with Crippen molar-refractivity contribution in [3.63, 3.8) is 0 Å². The number of unbranched alkanes of at least 4 members (excludes halogenated alkanes) is 7. The number of hydrogen-bond donors (Lipinski definition) is 1. The lowest BCUT2D eigenvalue weighted by Crippen LogP contribution is -2.05. The predicted octanol–water partition coefficient (Wildman–Crippen LogP) is 4.16. The van der Waals surface area contributed by atoms with Gasteiger partial charge in [-0.3, -0.25) is 0 Å². The van der Waals surface area contributed by atoms with Gasteiger partial charge in [-0.2, -0.15) is 12.6 Å². The third-order valence-corrected chi connectivity index (χ3v) is 2.95. The SMILES string of the molecule is C=C(C)C(=O)OCCCCCCCCCCS. The van der Waals surface area contributed by atoms with Crippen LogP contribution in [0.5, 0.6) is 0 Å². The lowest BCUT2D eigenvalue weighted by Gasteiger charge is -2.04. The average Bonchev–Trinajstić information content (AvgIpc) is 2.31. The van der Waals surface area contributed by atoms with Crippen LogP contribution in [0.2, 0.25) is 0 Å². The first kappa shape index (κ1) is 16.6. The van der Waals surface area contributed by atoms with Crippen LogP contribution >= 0.6 is 12.6 Å². The molecule has 0 aliphatic rings. The highest BCUT2D eigenvalue weighted by Gasteiger charge is 2.01. The summed E-state index contributed by atoms with van der Waals surface area (Å²) in [5.41, 5.74) is 0.481. The average molecular weight is 258 g/mol. The molecular weight excluding hydrogens is 232 g/mol. The number of carbonyl (C=O) groups excluding carboxylic acids is 1. The van der Waals surface area contributed by atoms with Gasteiger partial charge in [-0.25, -0.2) is 4.79 Å². The summed E-state index contributed by atoms with van der Waals surface area (Å²) in [7, 11) is 0. The molecule has 0 radical (unpaired) electrons. The third kappa shape index (κ3) is 11.8. The summed E-state index contributed by atoms with van der Waals surface area (Å²) in [6, 6.07) is 0. The molecule has 0 rings (SSSR count). The maximum absolute atomic E-state index is 11.1. The summed E-state index contributed by atoms with van der Waals surface area (Å²) < 4.78 is 5.02. The Hall–Kier alpha value is -0.440. The summed E-state index contributed by atoms with van der Waals surface area (Å²) in [6.07, 6.45) is 9.84. The van der Waals surface area contributed by atoms with Gasteiger partial charge in [-0.15, -0.1) is 0 Å². The lowest BCUT2D eigenvalue weighted by molar-refractivity contribution is -0.139. The molecule has 0 unspecified atom stereocenters. The second kappa shape index (κ2) is 12.0. The smallest absolute Gasteiger partial charge is 0.333 e. The van der Waals surface area contributed by atoms with E-state index >= 15 is 0 Å². The standard InChI is InChI=1S/C14H26O2S/c1-13(2)14(15)16-11-9-7-5-3-4-6-8-10-12-17/h17H,1,3-12H2,2H3. The molecule has 0 saturated heterocycles. The minimum Gasteiger partial charge on any atom is -0.462 e. The first-order valence-electron chi connectivity index (χ1n) is 6.62. The fourth-order valence-corrected chi connectivity index (χ4v) is 1.79. The van der Waals surface area contributed by atoms with Gasteiger partial charge in [-0.1, -0.05) is 45.1 Å². The minimum absolute atomic E-state index is 0.267. The number of rotatable bonds is 11. The van der Waals surface area contributed by atoms with E-state index in [-0.39, 0.29) is 5.97 Å². The number of esters is 1. The normalized spacial score (nSPS) is 10.2. The van der Waals surface area contributed by atoms with Crippen molar-refractivity contribution < 1.29 is 9.53 Å². The molecule has 0 amide bonds. The highest BCUT2D eigenvalue weighted by atomic mass is 32.1. The molecule has 0 atom stereocenters. The van der Waals surface area contributed by atoms with Gasteiger partial charge in [-0.05, 0) is 25.5 Å². The molecule has 17 heavy (non-hydrogen) atoms. The number of ether oxygens (including phenoxy) is 1. The van der Waals surface area contributed by atoms with Crippen LogP contribution in [0.15, 0.2) is 12.2 Å². The Bertz CT molecular complexity index is 214. The molecule has 0 aromatic carbocycles. The summed E-state index contributed by atoms with van der Waals surface area (Å²) in [6.45, 7) is 5.75. The Morgan fingerprint density at radius 3 is 1.94 bits per heavy atom. The predicted molar refractivity (Wildman–Crippen MR) is 76.6 cm³/mol.